The number of isocyanates is 2. The summed E-state index contributed by atoms with van der Waals surface area (Å²) in [6.07, 6.45) is 2.83. The Morgan fingerprint density at radius 1 is 0.815 bits per heavy atom. The fraction of sp³-hybridized carbons (Fsp3) is 0.158. The van der Waals surface area contributed by atoms with Gasteiger partial charge in [-0.25, -0.2) is 19.2 Å². The molecule has 0 heterocycles. The summed E-state index contributed by atoms with van der Waals surface area (Å²) in [6.45, 7) is 3.34. The van der Waals surface area contributed by atoms with E-state index in [2.05, 4.69) is 9.98 Å². The van der Waals surface area contributed by atoms with Crippen molar-refractivity contribution in [1.82, 2.24) is 0 Å². The third kappa shape index (κ3) is 3.88. The molecule has 0 amide bonds. The van der Waals surface area contributed by atoms with Gasteiger partial charge in [-0.1, -0.05) is 13.8 Å². The van der Waals surface area contributed by atoms with E-state index in [0.717, 1.165) is 0 Å². The van der Waals surface area contributed by atoms with Crippen molar-refractivity contribution in [1.29, 1.82) is 0 Å². The molecule has 0 aromatic heterocycles. The van der Waals surface area contributed by atoms with Crippen LogP contribution in [0.25, 0.3) is 0 Å². The van der Waals surface area contributed by atoms with Crippen LogP contribution in [0.1, 0.15) is 45.7 Å². The summed E-state index contributed by atoms with van der Waals surface area (Å²) >= 11 is 0. The minimum absolute atomic E-state index is 0.0437. The van der Waals surface area contributed by atoms with E-state index in [4.69, 9.17) is 0 Å². The van der Waals surface area contributed by atoms with Crippen LogP contribution in [0.2, 0.25) is 0 Å². The number of nitrogens with zero attached hydrogens (tertiary/aromatic N) is 2. The van der Waals surface area contributed by atoms with Gasteiger partial charge >= 0.3 is 11.9 Å². The van der Waals surface area contributed by atoms with Crippen LogP contribution in [-0.2, 0) is 15.0 Å². The van der Waals surface area contributed by atoms with Crippen LogP contribution >= 0.6 is 0 Å². The van der Waals surface area contributed by atoms with Crippen molar-refractivity contribution in [2.75, 3.05) is 0 Å². The minimum Gasteiger partial charge on any atom is -0.478 e. The van der Waals surface area contributed by atoms with Gasteiger partial charge in [0.15, 0.2) is 0 Å². The van der Waals surface area contributed by atoms with E-state index in [1.54, 1.807) is 13.8 Å². The Hall–Kier alpha value is -3.86. The van der Waals surface area contributed by atoms with Gasteiger partial charge in [0.2, 0.25) is 12.2 Å². The maximum Gasteiger partial charge on any atom is 0.335 e. The Kier molecular flexibility index (Phi) is 5.46. The lowest BCUT2D eigenvalue weighted by molar-refractivity contribution is 0.0686. The summed E-state index contributed by atoms with van der Waals surface area (Å²) in [5, 5.41) is 18.5. The molecule has 0 atom stereocenters. The van der Waals surface area contributed by atoms with Crippen LogP contribution in [0.5, 0.6) is 0 Å². The first-order valence-corrected chi connectivity index (χ1v) is 7.63. The number of hydrogen-bond donors (Lipinski definition) is 2. The number of aromatic carboxylic acids is 2. The molecule has 0 aliphatic rings. The largest absolute Gasteiger partial charge is 0.478 e. The van der Waals surface area contributed by atoms with E-state index in [0.29, 0.717) is 11.1 Å². The number of carboxylic acid groups (broad SMARTS) is 2. The van der Waals surface area contributed by atoms with Crippen molar-refractivity contribution in [3.63, 3.8) is 0 Å². The quantitative estimate of drug-likeness (QED) is 0.595. The topological polar surface area (TPSA) is 133 Å². The molecule has 2 rings (SSSR count). The highest BCUT2D eigenvalue weighted by molar-refractivity contribution is 5.90. The summed E-state index contributed by atoms with van der Waals surface area (Å²) in [7, 11) is 0. The Morgan fingerprint density at radius 2 is 1.19 bits per heavy atom. The lowest BCUT2D eigenvalue weighted by atomic mass is 9.75. The zero-order chi connectivity index (χ0) is 20.2. The standard InChI is InChI=1S/C19H14N2O6/c1-19(2,13-7-11(17(24)25)3-5-15(13)20-9-22)14-8-12(18(26)27)4-6-16(14)21-10-23/h3-8H,1-2H3,(H,24,25)(H,26,27). The lowest BCUT2D eigenvalue weighted by Crippen LogP contribution is -2.21. The summed E-state index contributed by atoms with van der Waals surface area (Å²) in [6, 6.07) is 7.96. The fourth-order valence-electron chi connectivity index (χ4n) is 2.78. The maximum atomic E-state index is 11.3. The first-order valence-electron chi connectivity index (χ1n) is 7.63. The zero-order valence-electron chi connectivity index (χ0n) is 14.4. The van der Waals surface area contributed by atoms with Crippen LogP contribution in [0.4, 0.5) is 11.4 Å². The Morgan fingerprint density at radius 3 is 1.48 bits per heavy atom. The van der Waals surface area contributed by atoms with Gasteiger partial charge in [-0.2, -0.15) is 9.98 Å². The fourth-order valence-corrected chi connectivity index (χ4v) is 2.78. The number of carbonyl (C=O) groups is 2. The molecule has 0 spiro atoms. The van der Waals surface area contributed by atoms with Crippen LogP contribution in [0.15, 0.2) is 46.4 Å². The van der Waals surface area contributed by atoms with Crippen molar-refractivity contribution in [3.05, 3.63) is 58.7 Å². The highest BCUT2D eigenvalue weighted by Gasteiger charge is 2.30. The first kappa shape index (κ1) is 19.5. The molecule has 8 heteroatoms. The second-order valence-electron chi connectivity index (χ2n) is 6.11. The summed E-state index contributed by atoms with van der Waals surface area (Å²) in [5.41, 5.74) is -0.146. The third-order valence-electron chi connectivity index (χ3n) is 4.17. The summed E-state index contributed by atoms with van der Waals surface area (Å²) < 4.78 is 0. The summed E-state index contributed by atoms with van der Waals surface area (Å²) in [5.74, 6) is -2.36. The van der Waals surface area contributed by atoms with E-state index in [-0.39, 0.29) is 22.5 Å². The molecule has 136 valence electrons. The van der Waals surface area contributed by atoms with E-state index in [1.165, 1.54) is 48.6 Å². The van der Waals surface area contributed by atoms with Gasteiger partial charge in [-0.05, 0) is 47.5 Å². The molecule has 27 heavy (non-hydrogen) atoms. The molecular weight excluding hydrogens is 352 g/mol. The van der Waals surface area contributed by atoms with Crippen molar-refractivity contribution < 1.29 is 29.4 Å². The number of carbonyl (C=O) groups excluding carboxylic acids is 2. The van der Waals surface area contributed by atoms with Gasteiger partial charge < -0.3 is 10.2 Å². The first-order chi connectivity index (χ1) is 12.7. The SMILES string of the molecule is CC(C)(c1cc(C(=O)O)ccc1N=C=O)c1cc(C(=O)O)ccc1N=C=O. The Bertz CT molecular complexity index is 947. The van der Waals surface area contributed by atoms with Gasteiger partial charge in [-0.3, -0.25) is 0 Å². The second kappa shape index (κ2) is 7.58. The van der Waals surface area contributed by atoms with Gasteiger partial charge in [-0.15, -0.1) is 0 Å². The molecule has 8 nitrogen and oxygen atoms in total. The highest BCUT2D eigenvalue weighted by Crippen LogP contribution is 2.42. The minimum atomic E-state index is -1.18. The average Bonchev–Trinajstić information content (AvgIpc) is 2.62. The van der Waals surface area contributed by atoms with Crippen molar-refractivity contribution in [2.45, 2.75) is 19.3 Å². The smallest absolute Gasteiger partial charge is 0.335 e. The second-order valence-corrected chi connectivity index (χ2v) is 6.11. The normalized spacial score (nSPS) is 10.4. The molecule has 0 unspecified atom stereocenters. The Balaban J connectivity index is 2.85. The number of rotatable bonds is 6. The van der Waals surface area contributed by atoms with Gasteiger partial charge in [0, 0.05) is 5.41 Å². The van der Waals surface area contributed by atoms with Gasteiger partial charge in [0.1, 0.15) is 0 Å². The van der Waals surface area contributed by atoms with E-state index < -0.39 is 17.4 Å². The number of aliphatic imine (C=N–C) groups is 2. The lowest BCUT2D eigenvalue weighted by Gasteiger charge is -2.28. The van der Waals surface area contributed by atoms with Crippen LogP contribution in [-0.4, -0.2) is 34.3 Å². The van der Waals surface area contributed by atoms with Crippen molar-refractivity contribution >= 4 is 35.5 Å². The predicted octanol–water partition coefficient (Wildman–Crippen LogP) is 3.34. The summed E-state index contributed by atoms with van der Waals surface area (Å²) in [4.78, 5) is 51.4. The zero-order valence-corrected chi connectivity index (χ0v) is 14.4. The van der Waals surface area contributed by atoms with Crippen LogP contribution in [0.3, 0.4) is 0 Å². The van der Waals surface area contributed by atoms with E-state index in [1.807, 2.05) is 0 Å². The molecule has 0 bridgehead atoms. The van der Waals surface area contributed by atoms with Gasteiger partial charge in [0.05, 0.1) is 22.5 Å². The molecule has 0 saturated carbocycles. The molecule has 0 aliphatic carbocycles. The Labute approximate surface area is 153 Å². The van der Waals surface area contributed by atoms with E-state index in [9.17, 15) is 29.4 Å². The van der Waals surface area contributed by atoms with Crippen LogP contribution < -0.4 is 0 Å². The molecule has 2 aromatic carbocycles. The predicted molar refractivity (Wildman–Crippen MR) is 94.5 cm³/mol. The molecular formula is C19H14N2O6. The molecule has 0 aliphatic heterocycles. The highest BCUT2D eigenvalue weighted by atomic mass is 16.4. The van der Waals surface area contributed by atoms with Crippen LogP contribution in [0, 0.1) is 0 Å². The molecule has 0 saturated heterocycles. The molecule has 0 fully saturated rings. The number of benzene rings is 2. The molecule has 2 N–H and O–H groups in total. The third-order valence-corrected chi connectivity index (χ3v) is 4.17. The van der Waals surface area contributed by atoms with Crippen molar-refractivity contribution in [2.24, 2.45) is 9.98 Å². The molecule has 0 radical (unpaired) electrons. The average molecular weight is 366 g/mol. The molecule has 2 aromatic rings. The monoisotopic (exact) mass is 366 g/mol. The van der Waals surface area contributed by atoms with Gasteiger partial charge in [0.25, 0.3) is 0 Å². The number of carboxylic acids is 2. The van der Waals surface area contributed by atoms with E-state index >= 15 is 0 Å². The number of hydrogen-bond acceptors (Lipinski definition) is 6. The maximum absolute atomic E-state index is 11.3. The van der Waals surface area contributed by atoms with Crippen molar-refractivity contribution in [3.8, 4) is 0 Å².